The van der Waals surface area contributed by atoms with Gasteiger partial charge in [0.2, 0.25) is 11.9 Å². The van der Waals surface area contributed by atoms with Crippen LogP contribution in [0.15, 0.2) is 18.5 Å². The summed E-state index contributed by atoms with van der Waals surface area (Å²) in [5.41, 5.74) is 0. The van der Waals surface area contributed by atoms with Crippen LogP contribution in [0.25, 0.3) is 0 Å². The van der Waals surface area contributed by atoms with E-state index in [1.165, 1.54) is 19.3 Å². The van der Waals surface area contributed by atoms with Crippen molar-refractivity contribution < 1.29 is 9.53 Å². The van der Waals surface area contributed by atoms with E-state index in [1.807, 2.05) is 6.07 Å². The second kappa shape index (κ2) is 12.1. The van der Waals surface area contributed by atoms with Crippen LogP contribution in [0.2, 0.25) is 0 Å². The standard InChI is InChI=1S/C22H37N5O2/c1-2-3-4-5-11-26(14-13-25-15-17-29-18-16-25)21(28)20-8-6-12-27(19-20)22-23-9-7-10-24-22/h7,9-10,20H,2-6,8,11-19H2,1H3. The Bertz CT molecular complexity index is 594. The van der Waals surface area contributed by atoms with E-state index in [4.69, 9.17) is 4.74 Å². The smallest absolute Gasteiger partial charge is 0.227 e. The van der Waals surface area contributed by atoms with Gasteiger partial charge >= 0.3 is 0 Å². The van der Waals surface area contributed by atoms with Crippen molar-refractivity contribution in [2.24, 2.45) is 5.92 Å². The molecule has 2 fully saturated rings. The topological polar surface area (TPSA) is 61.8 Å². The number of aromatic nitrogens is 2. The average Bonchev–Trinajstić information content (AvgIpc) is 2.79. The molecule has 7 nitrogen and oxygen atoms in total. The number of unbranched alkanes of at least 4 members (excludes halogenated alkanes) is 3. The zero-order valence-electron chi connectivity index (χ0n) is 18.0. The van der Waals surface area contributed by atoms with Crippen molar-refractivity contribution in [1.29, 1.82) is 0 Å². The van der Waals surface area contributed by atoms with Crippen molar-refractivity contribution in [2.75, 3.05) is 63.9 Å². The van der Waals surface area contributed by atoms with Crippen molar-refractivity contribution in [3.8, 4) is 0 Å². The van der Waals surface area contributed by atoms with E-state index in [9.17, 15) is 4.79 Å². The first-order valence-electron chi connectivity index (χ1n) is 11.4. The molecule has 3 heterocycles. The molecule has 1 aromatic heterocycles. The molecule has 1 amide bonds. The van der Waals surface area contributed by atoms with E-state index in [2.05, 4.69) is 31.6 Å². The predicted octanol–water partition coefficient (Wildman–Crippen LogP) is 2.43. The summed E-state index contributed by atoms with van der Waals surface area (Å²) in [6.45, 7) is 10.1. The number of rotatable bonds is 10. The maximum Gasteiger partial charge on any atom is 0.227 e. The van der Waals surface area contributed by atoms with Gasteiger partial charge in [0.15, 0.2) is 0 Å². The molecular formula is C22H37N5O2. The molecule has 2 saturated heterocycles. The van der Waals surface area contributed by atoms with Crippen molar-refractivity contribution in [3.63, 3.8) is 0 Å². The van der Waals surface area contributed by atoms with Crippen LogP contribution in [-0.4, -0.2) is 84.7 Å². The van der Waals surface area contributed by atoms with Gasteiger partial charge in [0.25, 0.3) is 0 Å². The summed E-state index contributed by atoms with van der Waals surface area (Å²) < 4.78 is 5.46. The number of anilines is 1. The molecule has 2 aliphatic rings. The van der Waals surface area contributed by atoms with Crippen LogP contribution in [0.5, 0.6) is 0 Å². The number of piperidine rings is 1. The third kappa shape index (κ3) is 6.93. The zero-order chi connectivity index (χ0) is 20.3. The summed E-state index contributed by atoms with van der Waals surface area (Å²) >= 11 is 0. The maximum absolute atomic E-state index is 13.4. The number of hydrogen-bond donors (Lipinski definition) is 0. The molecule has 0 aromatic carbocycles. The van der Waals surface area contributed by atoms with Crippen molar-refractivity contribution in [3.05, 3.63) is 18.5 Å². The molecule has 0 bridgehead atoms. The summed E-state index contributed by atoms with van der Waals surface area (Å²) in [4.78, 5) is 28.9. The number of hydrogen-bond acceptors (Lipinski definition) is 6. The number of amides is 1. The number of carbonyl (C=O) groups excluding carboxylic acids is 1. The Balaban J connectivity index is 1.57. The van der Waals surface area contributed by atoms with Crippen molar-refractivity contribution in [1.82, 2.24) is 19.8 Å². The third-order valence-electron chi connectivity index (χ3n) is 5.99. The van der Waals surface area contributed by atoms with Crippen LogP contribution < -0.4 is 4.90 Å². The Labute approximate surface area is 175 Å². The minimum atomic E-state index is 0.0448. The van der Waals surface area contributed by atoms with Gasteiger partial charge < -0.3 is 14.5 Å². The molecule has 0 N–H and O–H groups in total. The highest BCUT2D eigenvalue weighted by Gasteiger charge is 2.30. The fraction of sp³-hybridized carbons (Fsp3) is 0.773. The fourth-order valence-electron chi connectivity index (χ4n) is 4.22. The molecule has 0 spiro atoms. The molecule has 29 heavy (non-hydrogen) atoms. The van der Waals surface area contributed by atoms with Gasteiger partial charge in [-0.3, -0.25) is 9.69 Å². The van der Waals surface area contributed by atoms with Gasteiger partial charge in [0.05, 0.1) is 19.1 Å². The molecule has 162 valence electrons. The number of carbonyl (C=O) groups is 1. The molecule has 0 radical (unpaired) electrons. The van der Waals surface area contributed by atoms with Crippen molar-refractivity contribution >= 4 is 11.9 Å². The van der Waals surface area contributed by atoms with Crippen LogP contribution in [0.1, 0.15) is 45.4 Å². The monoisotopic (exact) mass is 403 g/mol. The van der Waals surface area contributed by atoms with Crippen LogP contribution in [0.3, 0.4) is 0 Å². The summed E-state index contributed by atoms with van der Waals surface area (Å²) in [5.74, 6) is 1.10. The second-order valence-corrected chi connectivity index (χ2v) is 8.17. The molecular weight excluding hydrogens is 366 g/mol. The lowest BCUT2D eigenvalue weighted by Gasteiger charge is -2.36. The van der Waals surface area contributed by atoms with Gasteiger partial charge in [0, 0.05) is 58.2 Å². The molecule has 1 atom stereocenters. The first kappa shape index (κ1) is 22.0. The van der Waals surface area contributed by atoms with Crippen LogP contribution in [0.4, 0.5) is 5.95 Å². The molecule has 7 heteroatoms. The van der Waals surface area contributed by atoms with Gasteiger partial charge in [-0.2, -0.15) is 0 Å². The average molecular weight is 404 g/mol. The van der Waals surface area contributed by atoms with Gasteiger partial charge in [0.1, 0.15) is 0 Å². The molecule has 2 aliphatic heterocycles. The third-order valence-corrected chi connectivity index (χ3v) is 5.99. The Morgan fingerprint density at radius 2 is 1.93 bits per heavy atom. The molecule has 1 unspecified atom stereocenters. The van der Waals surface area contributed by atoms with E-state index >= 15 is 0 Å². The second-order valence-electron chi connectivity index (χ2n) is 8.17. The van der Waals surface area contributed by atoms with Gasteiger partial charge in [-0.25, -0.2) is 9.97 Å². The molecule has 0 saturated carbocycles. The van der Waals surface area contributed by atoms with Gasteiger partial charge in [-0.05, 0) is 25.3 Å². The van der Waals surface area contributed by atoms with E-state index in [0.29, 0.717) is 5.91 Å². The van der Waals surface area contributed by atoms with Crippen molar-refractivity contribution in [2.45, 2.75) is 45.4 Å². The minimum absolute atomic E-state index is 0.0448. The predicted molar refractivity (Wildman–Crippen MR) is 115 cm³/mol. The number of nitrogens with zero attached hydrogens (tertiary/aromatic N) is 5. The highest BCUT2D eigenvalue weighted by Crippen LogP contribution is 2.22. The Hall–Kier alpha value is -1.73. The first-order valence-corrected chi connectivity index (χ1v) is 11.4. The first-order chi connectivity index (χ1) is 14.3. The molecule has 0 aliphatic carbocycles. The zero-order valence-corrected chi connectivity index (χ0v) is 18.0. The highest BCUT2D eigenvalue weighted by molar-refractivity contribution is 5.79. The summed E-state index contributed by atoms with van der Waals surface area (Å²) in [7, 11) is 0. The lowest BCUT2D eigenvalue weighted by atomic mass is 9.96. The van der Waals surface area contributed by atoms with Crippen LogP contribution in [-0.2, 0) is 9.53 Å². The van der Waals surface area contributed by atoms with E-state index in [1.54, 1.807) is 12.4 Å². The molecule has 1 aromatic rings. The maximum atomic E-state index is 13.4. The lowest BCUT2D eigenvalue weighted by Crippen LogP contribution is -2.48. The largest absolute Gasteiger partial charge is 0.379 e. The summed E-state index contributed by atoms with van der Waals surface area (Å²) in [6, 6.07) is 1.83. The van der Waals surface area contributed by atoms with Crippen LogP contribution in [0, 0.1) is 5.92 Å². The number of ether oxygens (including phenoxy) is 1. The normalized spacial score (nSPS) is 20.6. The Kier molecular flexibility index (Phi) is 9.15. The quantitative estimate of drug-likeness (QED) is 0.559. The summed E-state index contributed by atoms with van der Waals surface area (Å²) in [5, 5.41) is 0. The van der Waals surface area contributed by atoms with E-state index < -0.39 is 0 Å². The minimum Gasteiger partial charge on any atom is -0.379 e. The van der Waals surface area contributed by atoms with E-state index in [0.717, 1.165) is 84.2 Å². The van der Waals surface area contributed by atoms with E-state index in [-0.39, 0.29) is 5.92 Å². The Morgan fingerprint density at radius 1 is 1.14 bits per heavy atom. The van der Waals surface area contributed by atoms with Gasteiger partial charge in [-0.15, -0.1) is 0 Å². The fourth-order valence-corrected chi connectivity index (χ4v) is 4.22. The SMILES string of the molecule is CCCCCCN(CCN1CCOCC1)C(=O)C1CCCN(c2ncccn2)C1. The highest BCUT2D eigenvalue weighted by atomic mass is 16.5. The Morgan fingerprint density at radius 3 is 2.69 bits per heavy atom. The van der Waals surface area contributed by atoms with Crippen LogP contribution >= 0.6 is 0 Å². The number of morpholine rings is 1. The summed E-state index contributed by atoms with van der Waals surface area (Å²) in [6.07, 6.45) is 10.3. The molecule has 3 rings (SSSR count). The lowest BCUT2D eigenvalue weighted by molar-refractivity contribution is -0.136. The van der Waals surface area contributed by atoms with Gasteiger partial charge in [-0.1, -0.05) is 26.2 Å².